The topological polar surface area (TPSA) is 127 Å². The largest absolute Gasteiger partial charge is 0.294 e. The number of thiophene rings is 1. The second-order valence-electron chi connectivity index (χ2n) is 7.37. The number of benzene rings is 1. The quantitative estimate of drug-likeness (QED) is 0.482. The van der Waals surface area contributed by atoms with E-state index in [9.17, 15) is 26.9 Å². The summed E-state index contributed by atoms with van der Waals surface area (Å²) in [6.45, 7) is 4.56. The van der Waals surface area contributed by atoms with Crippen molar-refractivity contribution in [1.82, 2.24) is 4.31 Å². The normalized spacial score (nSPS) is 20.8. The molecule has 1 fully saturated rings. The van der Waals surface area contributed by atoms with Gasteiger partial charge in [-0.15, -0.1) is 11.3 Å². The number of nitro benzene ring substituents is 1. The Morgan fingerprint density at radius 1 is 1.13 bits per heavy atom. The highest BCUT2D eigenvalue weighted by molar-refractivity contribution is 7.94. The molecule has 1 N–H and O–H groups in total. The van der Waals surface area contributed by atoms with Crippen LogP contribution in [0.2, 0.25) is 4.34 Å². The van der Waals surface area contributed by atoms with Gasteiger partial charge in [-0.2, -0.15) is 4.31 Å². The van der Waals surface area contributed by atoms with E-state index < -0.39 is 30.7 Å². The van der Waals surface area contributed by atoms with Gasteiger partial charge in [0.15, 0.2) is 0 Å². The number of piperidine rings is 1. The molecule has 0 amide bonds. The van der Waals surface area contributed by atoms with Gasteiger partial charge in [-0.05, 0) is 42.5 Å². The van der Waals surface area contributed by atoms with Crippen LogP contribution in [0.1, 0.15) is 20.3 Å². The molecule has 30 heavy (non-hydrogen) atoms. The molecule has 0 spiro atoms. The molecule has 0 bridgehead atoms. The van der Waals surface area contributed by atoms with Gasteiger partial charge < -0.3 is 0 Å². The minimum absolute atomic E-state index is 0.116. The van der Waals surface area contributed by atoms with Crippen molar-refractivity contribution in [2.45, 2.75) is 29.4 Å². The van der Waals surface area contributed by atoms with Crippen LogP contribution in [0, 0.1) is 22.0 Å². The van der Waals surface area contributed by atoms with E-state index in [1.165, 1.54) is 22.5 Å². The summed E-state index contributed by atoms with van der Waals surface area (Å²) in [6.07, 6.45) is 0.902. The Morgan fingerprint density at radius 2 is 1.77 bits per heavy atom. The van der Waals surface area contributed by atoms with Gasteiger partial charge >= 0.3 is 0 Å². The molecule has 2 heterocycles. The summed E-state index contributed by atoms with van der Waals surface area (Å²) in [5, 5.41) is 11.6. The highest BCUT2D eigenvalue weighted by Gasteiger charge is 2.33. The van der Waals surface area contributed by atoms with Crippen LogP contribution in [0.3, 0.4) is 0 Å². The van der Waals surface area contributed by atoms with Crippen LogP contribution in [0.5, 0.6) is 0 Å². The lowest BCUT2D eigenvalue weighted by Gasteiger charge is -2.34. The number of hydrogen-bond acceptors (Lipinski definition) is 7. The zero-order chi connectivity index (χ0) is 22.3. The number of nitro groups is 1. The van der Waals surface area contributed by atoms with E-state index in [0.717, 1.165) is 29.9 Å². The van der Waals surface area contributed by atoms with Crippen LogP contribution < -0.4 is 4.72 Å². The number of rotatable bonds is 6. The van der Waals surface area contributed by atoms with Crippen LogP contribution in [0.25, 0.3) is 0 Å². The Balaban J connectivity index is 1.97. The van der Waals surface area contributed by atoms with Crippen LogP contribution in [-0.2, 0) is 20.0 Å². The number of anilines is 1. The van der Waals surface area contributed by atoms with Crippen molar-refractivity contribution in [2.75, 3.05) is 17.8 Å². The van der Waals surface area contributed by atoms with Crippen molar-refractivity contribution in [3.63, 3.8) is 0 Å². The molecule has 3 rings (SSSR count). The van der Waals surface area contributed by atoms with Gasteiger partial charge in [-0.25, -0.2) is 16.8 Å². The van der Waals surface area contributed by atoms with E-state index in [1.807, 2.05) is 13.8 Å². The van der Waals surface area contributed by atoms with Gasteiger partial charge in [-0.1, -0.05) is 25.4 Å². The first-order valence-electron chi connectivity index (χ1n) is 8.97. The monoisotopic (exact) mass is 493 g/mol. The van der Waals surface area contributed by atoms with E-state index in [2.05, 4.69) is 4.72 Å². The molecule has 2 unspecified atom stereocenters. The molecule has 0 saturated carbocycles. The van der Waals surface area contributed by atoms with Crippen molar-refractivity contribution in [1.29, 1.82) is 0 Å². The van der Waals surface area contributed by atoms with E-state index in [4.69, 9.17) is 11.6 Å². The Labute approximate surface area is 183 Å². The summed E-state index contributed by atoms with van der Waals surface area (Å²) in [4.78, 5) is 10.5. The van der Waals surface area contributed by atoms with Gasteiger partial charge in [0.2, 0.25) is 10.0 Å². The second kappa shape index (κ2) is 8.42. The van der Waals surface area contributed by atoms with Gasteiger partial charge in [0.1, 0.15) is 9.90 Å². The molecule has 2 atom stereocenters. The van der Waals surface area contributed by atoms with E-state index >= 15 is 0 Å². The van der Waals surface area contributed by atoms with Gasteiger partial charge in [0.05, 0.1) is 14.2 Å². The highest BCUT2D eigenvalue weighted by atomic mass is 35.5. The molecule has 1 aliphatic heterocycles. The summed E-state index contributed by atoms with van der Waals surface area (Å²) in [5.41, 5.74) is -0.982. The van der Waals surface area contributed by atoms with E-state index in [1.54, 1.807) is 0 Å². The maximum absolute atomic E-state index is 13.0. The fourth-order valence-electron chi connectivity index (χ4n) is 3.50. The van der Waals surface area contributed by atoms with E-state index in [-0.39, 0.29) is 31.0 Å². The molecule has 164 valence electrons. The van der Waals surface area contributed by atoms with Crippen LogP contribution in [0.15, 0.2) is 39.4 Å². The molecular formula is C17H20ClN3O6S3. The SMILES string of the molecule is CC1CC(C)CN(S(=O)(=O)c2ccc(NS(=O)(=O)c3ccc(Cl)s3)c([N+](=O)[O-])c2)C1. The van der Waals surface area contributed by atoms with Crippen LogP contribution in [-0.4, -0.2) is 39.2 Å². The lowest BCUT2D eigenvalue weighted by atomic mass is 9.94. The van der Waals surface area contributed by atoms with Crippen LogP contribution >= 0.6 is 22.9 Å². The summed E-state index contributed by atoms with van der Waals surface area (Å²) in [5.74, 6) is 0.337. The standard InChI is InChI=1S/C17H20ClN3O6S3/c1-11-7-12(2)10-20(9-11)30(26,27)13-3-4-14(15(8-13)21(22)23)19-29(24,25)17-6-5-16(18)28-17/h3-6,8,11-12,19H,7,9-10H2,1-2H3. The molecule has 0 aliphatic carbocycles. The highest BCUT2D eigenvalue weighted by Crippen LogP contribution is 2.34. The maximum atomic E-state index is 13.0. The van der Waals surface area contributed by atoms with Crippen molar-refractivity contribution >= 4 is 54.4 Å². The van der Waals surface area contributed by atoms with Gasteiger partial charge in [0, 0.05) is 19.2 Å². The predicted octanol–water partition coefficient (Wildman–Crippen LogP) is 3.78. The fraction of sp³-hybridized carbons (Fsp3) is 0.412. The Hall–Kier alpha value is -1.73. The van der Waals surface area contributed by atoms with Crippen molar-refractivity contribution in [2.24, 2.45) is 11.8 Å². The van der Waals surface area contributed by atoms with Gasteiger partial charge in [0.25, 0.3) is 15.7 Å². The number of sulfonamides is 2. The van der Waals surface area contributed by atoms with Crippen LogP contribution in [0.4, 0.5) is 11.4 Å². The number of halogens is 1. The van der Waals surface area contributed by atoms with Crippen molar-refractivity contribution in [3.8, 4) is 0 Å². The minimum atomic E-state index is -4.11. The first kappa shape index (κ1) is 22.9. The molecule has 13 heteroatoms. The average Bonchev–Trinajstić information content (AvgIpc) is 3.08. The number of hydrogen-bond donors (Lipinski definition) is 1. The fourth-order valence-corrected chi connectivity index (χ4v) is 7.75. The van der Waals surface area contributed by atoms with Gasteiger partial charge in [-0.3, -0.25) is 14.8 Å². The number of nitrogens with zero attached hydrogens (tertiary/aromatic N) is 2. The second-order valence-corrected chi connectivity index (χ2v) is 12.9. The smallest absolute Gasteiger partial charge is 0.272 e. The average molecular weight is 494 g/mol. The molecule has 0 radical (unpaired) electrons. The van der Waals surface area contributed by atoms with Crippen molar-refractivity contribution in [3.05, 3.63) is 44.8 Å². The third-order valence-electron chi connectivity index (χ3n) is 4.70. The Morgan fingerprint density at radius 3 is 2.30 bits per heavy atom. The van der Waals surface area contributed by atoms with Crippen molar-refractivity contribution < 1.29 is 21.8 Å². The summed E-state index contributed by atoms with van der Waals surface area (Å²) in [6, 6.07) is 5.82. The molecule has 1 aliphatic rings. The van der Waals surface area contributed by atoms with E-state index in [0.29, 0.717) is 13.1 Å². The molecule has 1 aromatic heterocycles. The third kappa shape index (κ3) is 4.78. The molecule has 1 saturated heterocycles. The summed E-state index contributed by atoms with van der Waals surface area (Å²) in [7, 11) is -8.07. The Kier molecular flexibility index (Phi) is 6.44. The number of nitrogens with one attached hydrogen (secondary N) is 1. The zero-order valence-corrected chi connectivity index (χ0v) is 19.3. The summed E-state index contributed by atoms with van der Waals surface area (Å²) >= 11 is 6.56. The first-order valence-corrected chi connectivity index (χ1v) is 13.1. The molecular weight excluding hydrogens is 474 g/mol. The lowest BCUT2D eigenvalue weighted by Crippen LogP contribution is -2.42. The first-order chi connectivity index (χ1) is 13.9. The molecule has 9 nitrogen and oxygen atoms in total. The molecule has 1 aromatic carbocycles. The molecule has 2 aromatic rings. The summed E-state index contributed by atoms with van der Waals surface area (Å²) < 4.78 is 54.6. The minimum Gasteiger partial charge on any atom is -0.272 e. The third-order valence-corrected chi connectivity index (χ3v) is 9.61. The zero-order valence-electron chi connectivity index (χ0n) is 16.1. The predicted molar refractivity (Wildman–Crippen MR) is 115 cm³/mol. The Bertz CT molecular complexity index is 1170. The maximum Gasteiger partial charge on any atom is 0.294 e. The lowest BCUT2D eigenvalue weighted by molar-refractivity contribution is -0.384.